The van der Waals surface area contributed by atoms with Gasteiger partial charge in [0.15, 0.2) is 0 Å². The minimum absolute atomic E-state index is 0.0286. The lowest BCUT2D eigenvalue weighted by atomic mass is 9.97. The van der Waals surface area contributed by atoms with E-state index in [1.54, 1.807) is 12.1 Å². The number of hydrogen-bond donors (Lipinski definition) is 0. The summed E-state index contributed by atoms with van der Waals surface area (Å²) in [6.07, 6.45) is 0. The highest BCUT2D eigenvalue weighted by molar-refractivity contribution is 6.16. The SMILES string of the molecule is O=C(OCc1cccc([N+](=O)[O-])c1)c1c2ccccc2cc2ccccc12. The van der Waals surface area contributed by atoms with Crippen LogP contribution in [-0.4, -0.2) is 10.9 Å². The molecule has 0 radical (unpaired) electrons. The summed E-state index contributed by atoms with van der Waals surface area (Å²) in [6.45, 7) is -0.0297. The molecule has 5 heteroatoms. The molecule has 132 valence electrons. The van der Waals surface area contributed by atoms with E-state index in [4.69, 9.17) is 4.74 Å². The van der Waals surface area contributed by atoms with E-state index in [0.29, 0.717) is 11.1 Å². The van der Waals surface area contributed by atoms with Gasteiger partial charge in [-0.1, -0.05) is 60.7 Å². The average molecular weight is 357 g/mol. The molecule has 0 heterocycles. The van der Waals surface area contributed by atoms with Gasteiger partial charge in [-0.05, 0) is 33.2 Å². The molecular weight excluding hydrogens is 342 g/mol. The Labute approximate surface area is 155 Å². The third-order valence-corrected chi connectivity index (χ3v) is 4.47. The van der Waals surface area contributed by atoms with E-state index in [1.807, 2.05) is 54.6 Å². The number of hydrogen-bond acceptors (Lipinski definition) is 4. The van der Waals surface area contributed by atoms with Gasteiger partial charge in [0.2, 0.25) is 0 Å². The fourth-order valence-electron chi connectivity index (χ4n) is 3.21. The zero-order valence-electron chi connectivity index (χ0n) is 14.3. The standard InChI is InChI=1S/C22H15NO4/c24-22(27-14-15-6-5-9-18(12-15)23(25)26)21-19-10-3-1-7-16(19)13-17-8-2-4-11-20(17)21/h1-13H,14H2. The van der Waals surface area contributed by atoms with E-state index in [1.165, 1.54) is 12.1 Å². The number of fused-ring (bicyclic) bond motifs is 2. The molecule has 4 aromatic rings. The van der Waals surface area contributed by atoms with Crippen LogP contribution >= 0.6 is 0 Å². The van der Waals surface area contributed by atoms with Crippen molar-refractivity contribution in [1.82, 2.24) is 0 Å². The Bertz CT molecular complexity index is 1130. The summed E-state index contributed by atoms with van der Waals surface area (Å²) >= 11 is 0. The zero-order valence-corrected chi connectivity index (χ0v) is 14.3. The maximum Gasteiger partial charge on any atom is 0.339 e. The van der Waals surface area contributed by atoms with E-state index >= 15 is 0 Å². The topological polar surface area (TPSA) is 69.4 Å². The quantitative estimate of drug-likeness (QED) is 0.216. The van der Waals surface area contributed by atoms with Gasteiger partial charge in [0.05, 0.1) is 10.5 Å². The number of nitrogens with zero attached hydrogens (tertiary/aromatic N) is 1. The number of carbonyl (C=O) groups is 1. The maximum atomic E-state index is 12.9. The molecule has 0 aliphatic heterocycles. The van der Waals surface area contributed by atoms with Crippen LogP contribution in [0.3, 0.4) is 0 Å². The highest BCUT2D eigenvalue weighted by Crippen LogP contribution is 2.29. The lowest BCUT2D eigenvalue weighted by molar-refractivity contribution is -0.384. The first-order chi connectivity index (χ1) is 13.1. The summed E-state index contributed by atoms with van der Waals surface area (Å²) in [6, 6.07) is 23.5. The van der Waals surface area contributed by atoms with Crippen molar-refractivity contribution < 1.29 is 14.5 Å². The number of benzene rings is 4. The van der Waals surface area contributed by atoms with Crippen LogP contribution in [0.4, 0.5) is 5.69 Å². The molecule has 0 saturated heterocycles. The predicted octanol–water partition coefficient (Wildman–Crippen LogP) is 5.26. The second-order valence-electron chi connectivity index (χ2n) is 6.20. The Morgan fingerprint density at radius 3 is 2.11 bits per heavy atom. The number of esters is 1. The lowest BCUT2D eigenvalue weighted by Crippen LogP contribution is -2.07. The summed E-state index contributed by atoms with van der Waals surface area (Å²) in [4.78, 5) is 23.3. The zero-order chi connectivity index (χ0) is 18.8. The summed E-state index contributed by atoms with van der Waals surface area (Å²) in [7, 11) is 0. The molecule has 4 aromatic carbocycles. The van der Waals surface area contributed by atoms with Gasteiger partial charge < -0.3 is 4.74 Å². The van der Waals surface area contributed by atoms with E-state index in [9.17, 15) is 14.9 Å². The van der Waals surface area contributed by atoms with Crippen molar-refractivity contribution in [2.45, 2.75) is 6.61 Å². The molecule has 0 saturated carbocycles. The Morgan fingerprint density at radius 1 is 0.852 bits per heavy atom. The van der Waals surface area contributed by atoms with Crippen LogP contribution in [0.1, 0.15) is 15.9 Å². The number of nitro groups is 1. The molecule has 0 aliphatic rings. The molecule has 0 unspecified atom stereocenters. The van der Waals surface area contributed by atoms with Gasteiger partial charge in [-0.3, -0.25) is 10.1 Å². The van der Waals surface area contributed by atoms with Crippen LogP contribution in [0, 0.1) is 10.1 Å². The molecule has 0 aromatic heterocycles. The highest BCUT2D eigenvalue weighted by Gasteiger charge is 2.16. The molecule has 0 N–H and O–H groups in total. The number of carbonyl (C=O) groups excluding carboxylic acids is 1. The van der Waals surface area contributed by atoms with Crippen LogP contribution in [0.15, 0.2) is 78.9 Å². The first-order valence-corrected chi connectivity index (χ1v) is 8.44. The third kappa shape index (κ3) is 3.22. The largest absolute Gasteiger partial charge is 0.457 e. The highest BCUT2D eigenvalue weighted by atomic mass is 16.6. The molecule has 0 fully saturated rings. The van der Waals surface area contributed by atoms with Gasteiger partial charge in [-0.25, -0.2) is 4.79 Å². The van der Waals surface area contributed by atoms with Gasteiger partial charge in [0, 0.05) is 12.1 Å². The molecule has 0 aliphatic carbocycles. The van der Waals surface area contributed by atoms with Gasteiger partial charge in [0.1, 0.15) is 6.61 Å². The molecule has 0 spiro atoms. The normalized spacial score (nSPS) is 10.8. The molecule has 0 atom stereocenters. The summed E-state index contributed by atoms with van der Waals surface area (Å²) in [5, 5.41) is 14.5. The second-order valence-corrected chi connectivity index (χ2v) is 6.20. The van der Waals surface area contributed by atoms with Crippen molar-refractivity contribution in [3.05, 3.63) is 100 Å². The van der Waals surface area contributed by atoms with Crippen LogP contribution in [-0.2, 0) is 11.3 Å². The van der Waals surface area contributed by atoms with Gasteiger partial charge in [-0.2, -0.15) is 0 Å². The van der Waals surface area contributed by atoms with Crippen LogP contribution in [0.25, 0.3) is 21.5 Å². The molecule has 0 amide bonds. The summed E-state index contributed by atoms with van der Waals surface area (Å²) in [5.41, 5.74) is 1.05. The van der Waals surface area contributed by atoms with E-state index in [-0.39, 0.29) is 12.3 Å². The number of rotatable bonds is 4. The van der Waals surface area contributed by atoms with E-state index in [0.717, 1.165) is 21.5 Å². The molecule has 5 nitrogen and oxygen atoms in total. The minimum Gasteiger partial charge on any atom is -0.457 e. The van der Waals surface area contributed by atoms with Gasteiger partial charge in [-0.15, -0.1) is 0 Å². The Balaban J connectivity index is 1.71. The first-order valence-electron chi connectivity index (χ1n) is 8.44. The smallest absolute Gasteiger partial charge is 0.339 e. The van der Waals surface area contributed by atoms with Crippen LogP contribution in [0.5, 0.6) is 0 Å². The molecule has 4 rings (SSSR count). The van der Waals surface area contributed by atoms with Crippen molar-refractivity contribution in [2.24, 2.45) is 0 Å². The number of non-ortho nitro benzene ring substituents is 1. The Hall–Kier alpha value is -3.73. The van der Waals surface area contributed by atoms with E-state index in [2.05, 4.69) is 0 Å². The van der Waals surface area contributed by atoms with Crippen LogP contribution < -0.4 is 0 Å². The maximum absolute atomic E-state index is 12.9. The fraction of sp³-hybridized carbons (Fsp3) is 0.0455. The molecule has 0 bridgehead atoms. The second kappa shape index (κ2) is 6.88. The number of ether oxygens (including phenoxy) is 1. The van der Waals surface area contributed by atoms with Gasteiger partial charge in [0.25, 0.3) is 5.69 Å². The van der Waals surface area contributed by atoms with E-state index < -0.39 is 10.9 Å². The van der Waals surface area contributed by atoms with Crippen molar-refractivity contribution >= 4 is 33.2 Å². The molecule has 27 heavy (non-hydrogen) atoms. The Kier molecular flexibility index (Phi) is 4.26. The van der Waals surface area contributed by atoms with Crippen molar-refractivity contribution in [2.75, 3.05) is 0 Å². The number of nitro benzene ring substituents is 1. The van der Waals surface area contributed by atoms with Gasteiger partial charge >= 0.3 is 5.97 Å². The minimum atomic E-state index is -0.469. The third-order valence-electron chi connectivity index (χ3n) is 4.47. The Morgan fingerprint density at radius 2 is 1.48 bits per heavy atom. The van der Waals surface area contributed by atoms with Crippen molar-refractivity contribution in [3.8, 4) is 0 Å². The summed E-state index contributed by atoms with van der Waals surface area (Å²) in [5.74, 6) is -0.450. The predicted molar refractivity (Wildman–Crippen MR) is 104 cm³/mol. The van der Waals surface area contributed by atoms with Crippen LogP contribution in [0.2, 0.25) is 0 Å². The van der Waals surface area contributed by atoms with Crippen molar-refractivity contribution in [1.29, 1.82) is 0 Å². The fourth-order valence-corrected chi connectivity index (χ4v) is 3.21. The average Bonchev–Trinajstić information content (AvgIpc) is 2.70. The first kappa shape index (κ1) is 16.7. The molecular formula is C22H15NO4. The summed E-state index contributed by atoms with van der Waals surface area (Å²) < 4.78 is 5.50. The van der Waals surface area contributed by atoms with Crippen molar-refractivity contribution in [3.63, 3.8) is 0 Å². The monoisotopic (exact) mass is 357 g/mol. The lowest BCUT2D eigenvalue weighted by Gasteiger charge is -2.11.